The SMILES string of the molecule is COC1=c2c(nc(C(C)(C)C)[nH]c2=O)=CC(OC)C1. The molecule has 0 saturated carbocycles. The van der Waals surface area contributed by atoms with E-state index in [2.05, 4.69) is 9.97 Å². The molecule has 0 amide bonds. The van der Waals surface area contributed by atoms with Crippen LogP contribution >= 0.6 is 0 Å². The van der Waals surface area contributed by atoms with E-state index in [9.17, 15) is 4.79 Å². The van der Waals surface area contributed by atoms with Crippen molar-refractivity contribution in [3.63, 3.8) is 0 Å². The second-order valence-electron chi connectivity index (χ2n) is 5.70. The average molecular weight is 264 g/mol. The molecule has 1 aliphatic carbocycles. The van der Waals surface area contributed by atoms with Crippen molar-refractivity contribution in [3.05, 3.63) is 26.7 Å². The summed E-state index contributed by atoms with van der Waals surface area (Å²) in [4.78, 5) is 19.6. The van der Waals surface area contributed by atoms with Gasteiger partial charge in [-0.2, -0.15) is 0 Å². The Labute approximate surface area is 112 Å². The van der Waals surface area contributed by atoms with Crippen molar-refractivity contribution in [2.75, 3.05) is 14.2 Å². The Morgan fingerprint density at radius 2 is 2.05 bits per heavy atom. The zero-order chi connectivity index (χ0) is 14.2. The minimum atomic E-state index is -0.213. The van der Waals surface area contributed by atoms with Gasteiger partial charge in [-0.25, -0.2) is 4.98 Å². The second kappa shape index (κ2) is 4.81. The van der Waals surface area contributed by atoms with E-state index in [0.29, 0.717) is 28.6 Å². The fourth-order valence-corrected chi connectivity index (χ4v) is 2.09. The van der Waals surface area contributed by atoms with Crippen LogP contribution in [0.5, 0.6) is 0 Å². The number of hydrogen-bond donors (Lipinski definition) is 1. The summed E-state index contributed by atoms with van der Waals surface area (Å²) in [6.45, 7) is 6.03. The van der Waals surface area contributed by atoms with Gasteiger partial charge in [0.05, 0.1) is 18.6 Å². The van der Waals surface area contributed by atoms with Gasteiger partial charge >= 0.3 is 0 Å². The van der Waals surface area contributed by atoms with Crippen molar-refractivity contribution in [3.8, 4) is 0 Å². The van der Waals surface area contributed by atoms with Gasteiger partial charge in [0.15, 0.2) is 0 Å². The molecule has 1 N–H and O–H groups in total. The maximum Gasteiger partial charge on any atom is 0.262 e. The molecule has 5 nitrogen and oxygen atoms in total. The highest BCUT2D eigenvalue weighted by Crippen LogP contribution is 2.15. The molecular formula is C14H20N2O3. The lowest BCUT2D eigenvalue weighted by atomic mass is 9.95. The van der Waals surface area contributed by atoms with Crippen molar-refractivity contribution in [2.45, 2.75) is 38.7 Å². The number of nitrogens with one attached hydrogen (secondary N) is 1. The fraction of sp³-hybridized carbons (Fsp3) is 0.571. The molecule has 1 aromatic rings. The molecule has 0 saturated heterocycles. The summed E-state index contributed by atoms with van der Waals surface area (Å²) in [6.07, 6.45) is 2.33. The molecule has 1 heterocycles. The zero-order valence-electron chi connectivity index (χ0n) is 12.0. The van der Waals surface area contributed by atoms with Crippen molar-refractivity contribution < 1.29 is 9.47 Å². The number of rotatable bonds is 2. The summed E-state index contributed by atoms with van der Waals surface area (Å²) < 4.78 is 10.6. The summed E-state index contributed by atoms with van der Waals surface area (Å²) in [6, 6.07) is 0. The molecule has 2 rings (SSSR count). The Morgan fingerprint density at radius 1 is 1.37 bits per heavy atom. The Hall–Kier alpha value is -1.62. The average Bonchev–Trinajstić information content (AvgIpc) is 2.35. The summed E-state index contributed by atoms with van der Waals surface area (Å²) in [5, 5.41) is 1.16. The number of hydrogen-bond acceptors (Lipinski definition) is 4. The molecule has 5 heteroatoms. The van der Waals surface area contributed by atoms with Gasteiger partial charge in [-0.1, -0.05) is 20.8 Å². The molecule has 0 spiro atoms. The summed E-state index contributed by atoms with van der Waals surface area (Å²) in [5.74, 6) is 1.29. The van der Waals surface area contributed by atoms with Crippen LogP contribution in [0.15, 0.2) is 4.79 Å². The van der Waals surface area contributed by atoms with Gasteiger partial charge in [-0.15, -0.1) is 0 Å². The number of methoxy groups -OCH3 is 2. The highest BCUT2D eigenvalue weighted by Gasteiger charge is 2.21. The standard InChI is InChI=1S/C14H20N2O3/c1-14(2,3)13-15-9-6-8(18-4)7-10(19-5)11(9)12(17)16-13/h6,8H,7H2,1-5H3,(H,15,16,17). The minimum Gasteiger partial charge on any atom is -0.500 e. The van der Waals surface area contributed by atoms with Gasteiger partial charge in [-0.3, -0.25) is 4.79 Å². The molecule has 1 unspecified atom stereocenters. The molecule has 0 fully saturated rings. The lowest BCUT2D eigenvalue weighted by Crippen LogP contribution is -2.50. The molecule has 0 aromatic carbocycles. The van der Waals surface area contributed by atoms with Crippen LogP contribution in [-0.4, -0.2) is 30.3 Å². The van der Waals surface area contributed by atoms with E-state index in [1.165, 1.54) is 0 Å². The Balaban J connectivity index is 2.80. The van der Waals surface area contributed by atoms with Crippen LogP contribution in [0.3, 0.4) is 0 Å². The maximum atomic E-state index is 12.2. The van der Waals surface area contributed by atoms with E-state index in [1.54, 1.807) is 14.2 Å². The first-order chi connectivity index (χ1) is 8.86. The first kappa shape index (κ1) is 13.8. The molecule has 1 aromatic heterocycles. The normalized spacial score (nSPS) is 18.8. The van der Waals surface area contributed by atoms with Gasteiger partial charge in [-0.05, 0) is 6.08 Å². The van der Waals surface area contributed by atoms with Crippen LogP contribution < -0.4 is 16.1 Å². The number of H-pyrrole nitrogens is 1. The smallest absolute Gasteiger partial charge is 0.262 e. The number of nitrogens with zero attached hydrogens (tertiary/aromatic N) is 1. The second-order valence-corrected chi connectivity index (χ2v) is 5.70. The van der Waals surface area contributed by atoms with Crippen LogP contribution in [0, 0.1) is 0 Å². The van der Waals surface area contributed by atoms with E-state index in [4.69, 9.17) is 9.47 Å². The van der Waals surface area contributed by atoms with E-state index < -0.39 is 0 Å². The summed E-state index contributed by atoms with van der Waals surface area (Å²) in [7, 11) is 3.20. The molecule has 0 radical (unpaired) electrons. The third-order valence-electron chi connectivity index (χ3n) is 3.22. The lowest BCUT2D eigenvalue weighted by Gasteiger charge is -2.20. The molecule has 1 aliphatic rings. The maximum absolute atomic E-state index is 12.2. The lowest BCUT2D eigenvalue weighted by molar-refractivity contribution is 0.146. The van der Waals surface area contributed by atoms with E-state index in [0.717, 1.165) is 0 Å². The van der Waals surface area contributed by atoms with Crippen molar-refractivity contribution in [1.82, 2.24) is 9.97 Å². The van der Waals surface area contributed by atoms with Crippen molar-refractivity contribution in [1.29, 1.82) is 0 Å². The molecular weight excluding hydrogens is 244 g/mol. The zero-order valence-corrected chi connectivity index (χ0v) is 12.0. The van der Waals surface area contributed by atoms with Gasteiger partial charge in [0.1, 0.15) is 16.8 Å². The predicted octanol–water partition coefficient (Wildman–Crippen LogP) is 0.0212. The number of fused-ring (bicyclic) bond motifs is 1. The van der Waals surface area contributed by atoms with Gasteiger partial charge in [0, 0.05) is 18.9 Å². The summed E-state index contributed by atoms with van der Waals surface area (Å²) in [5.41, 5.74) is -0.368. The van der Waals surface area contributed by atoms with E-state index in [-0.39, 0.29) is 17.1 Å². The predicted molar refractivity (Wildman–Crippen MR) is 73.1 cm³/mol. The Bertz CT molecular complexity index is 653. The molecule has 0 bridgehead atoms. The van der Waals surface area contributed by atoms with E-state index >= 15 is 0 Å². The highest BCUT2D eigenvalue weighted by molar-refractivity contribution is 5.46. The fourth-order valence-electron chi connectivity index (χ4n) is 2.09. The van der Waals surface area contributed by atoms with Gasteiger partial charge < -0.3 is 14.5 Å². The molecule has 19 heavy (non-hydrogen) atoms. The van der Waals surface area contributed by atoms with Gasteiger partial charge in [0.2, 0.25) is 0 Å². The van der Waals surface area contributed by atoms with Crippen LogP contribution in [0.25, 0.3) is 11.8 Å². The third kappa shape index (κ3) is 2.56. The Morgan fingerprint density at radius 3 is 2.58 bits per heavy atom. The number of ether oxygens (including phenoxy) is 2. The van der Waals surface area contributed by atoms with Crippen LogP contribution in [0.2, 0.25) is 0 Å². The van der Waals surface area contributed by atoms with Crippen LogP contribution in [0.1, 0.15) is 33.0 Å². The number of aromatic nitrogens is 2. The molecule has 104 valence electrons. The quantitative estimate of drug-likeness (QED) is 0.818. The number of aromatic amines is 1. The van der Waals surface area contributed by atoms with Crippen LogP contribution in [0.4, 0.5) is 0 Å². The molecule has 1 atom stereocenters. The monoisotopic (exact) mass is 264 g/mol. The van der Waals surface area contributed by atoms with Crippen LogP contribution in [-0.2, 0) is 14.9 Å². The third-order valence-corrected chi connectivity index (χ3v) is 3.22. The summed E-state index contributed by atoms with van der Waals surface area (Å²) >= 11 is 0. The largest absolute Gasteiger partial charge is 0.500 e. The topological polar surface area (TPSA) is 64.2 Å². The van der Waals surface area contributed by atoms with Crippen molar-refractivity contribution in [2.24, 2.45) is 0 Å². The van der Waals surface area contributed by atoms with Gasteiger partial charge in [0.25, 0.3) is 5.56 Å². The molecule has 0 aliphatic heterocycles. The minimum absolute atomic E-state index is 0.107. The Kier molecular flexibility index (Phi) is 3.49. The van der Waals surface area contributed by atoms with E-state index in [1.807, 2.05) is 26.8 Å². The van der Waals surface area contributed by atoms with Crippen molar-refractivity contribution >= 4 is 11.8 Å². The first-order valence-corrected chi connectivity index (χ1v) is 6.29. The highest BCUT2D eigenvalue weighted by atomic mass is 16.5. The first-order valence-electron chi connectivity index (χ1n) is 6.29.